The molecule has 0 aliphatic heterocycles. The Balaban J connectivity index is 0.000000614. The lowest BCUT2D eigenvalue weighted by molar-refractivity contribution is -0.0125. The third-order valence-corrected chi connectivity index (χ3v) is 8.83. The van der Waals surface area contributed by atoms with Gasteiger partial charge in [-0.2, -0.15) is 0 Å². The van der Waals surface area contributed by atoms with E-state index in [4.69, 9.17) is 0 Å². The van der Waals surface area contributed by atoms with Crippen molar-refractivity contribution in [3.05, 3.63) is 11.6 Å². The predicted molar refractivity (Wildman–Crippen MR) is 119 cm³/mol. The van der Waals surface area contributed by atoms with Crippen LogP contribution in [-0.2, 0) is 0 Å². The molecule has 0 bridgehead atoms. The van der Waals surface area contributed by atoms with Crippen LogP contribution < -0.4 is 0 Å². The highest BCUT2D eigenvalue weighted by Crippen LogP contribution is 2.65. The Labute approximate surface area is 170 Å². The molecule has 3 fully saturated rings. The zero-order valence-electron chi connectivity index (χ0n) is 19.5. The van der Waals surface area contributed by atoms with E-state index >= 15 is 0 Å². The summed E-state index contributed by atoms with van der Waals surface area (Å²) < 4.78 is 0. The van der Waals surface area contributed by atoms with Gasteiger partial charge in [0.2, 0.25) is 0 Å². The minimum absolute atomic E-state index is 0.0282. The van der Waals surface area contributed by atoms with Crippen molar-refractivity contribution in [2.45, 2.75) is 119 Å². The summed E-state index contributed by atoms with van der Waals surface area (Å²) >= 11 is 0. The summed E-state index contributed by atoms with van der Waals surface area (Å²) in [7, 11) is 0. The van der Waals surface area contributed by atoms with E-state index in [1.807, 2.05) is 33.3 Å². The Morgan fingerprint density at radius 1 is 1.00 bits per heavy atom. The summed E-state index contributed by atoms with van der Waals surface area (Å²) in [6, 6.07) is 0. The Hall–Kier alpha value is -0.300. The van der Waals surface area contributed by atoms with Crippen LogP contribution in [0.25, 0.3) is 0 Å². The molecule has 4 aliphatic carbocycles. The normalized spacial score (nSPS) is 45.0. The van der Waals surface area contributed by atoms with Gasteiger partial charge in [-0.3, -0.25) is 0 Å². The lowest BCUT2D eigenvalue weighted by Gasteiger charge is -2.56. The number of rotatable bonds is 2. The van der Waals surface area contributed by atoms with Gasteiger partial charge >= 0.3 is 0 Å². The fourth-order valence-corrected chi connectivity index (χ4v) is 7.43. The van der Waals surface area contributed by atoms with Crippen molar-refractivity contribution in [3.8, 4) is 0 Å². The summed E-state index contributed by atoms with van der Waals surface area (Å²) in [4.78, 5) is 0. The molecule has 0 saturated heterocycles. The topological polar surface area (TPSA) is 20.2 Å². The molecule has 0 amide bonds. The highest BCUT2D eigenvalue weighted by molar-refractivity contribution is 5.28. The van der Waals surface area contributed by atoms with Gasteiger partial charge in [0, 0.05) is 0 Å². The Bertz CT molecular complexity index is 494. The van der Waals surface area contributed by atoms with Crippen molar-refractivity contribution in [1.29, 1.82) is 0 Å². The summed E-state index contributed by atoms with van der Waals surface area (Å²) in [6.45, 7) is 15.5. The molecule has 0 radical (unpaired) electrons. The molecule has 3 saturated carbocycles. The molecule has 0 aromatic heterocycles. The monoisotopic (exact) mass is 376 g/mol. The number of aliphatic hydroxyl groups excluding tert-OH is 1. The number of hydrogen-bond donors (Lipinski definition) is 1. The van der Waals surface area contributed by atoms with Gasteiger partial charge in [-0.05, 0) is 85.9 Å². The molecule has 0 heterocycles. The van der Waals surface area contributed by atoms with Crippen LogP contribution in [0.4, 0.5) is 0 Å². The van der Waals surface area contributed by atoms with E-state index in [-0.39, 0.29) is 6.10 Å². The molecule has 4 aliphatic rings. The quantitative estimate of drug-likeness (QED) is 0.488. The second-order valence-corrected chi connectivity index (χ2v) is 9.77. The predicted octanol–water partition coefficient (Wildman–Crippen LogP) is 7.78. The third kappa shape index (κ3) is 3.92. The van der Waals surface area contributed by atoms with E-state index in [1.54, 1.807) is 0 Å². The van der Waals surface area contributed by atoms with Gasteiger partial charge in [0.25, 0.3) is 0 Å². The van der Waals surface area contributed by atoms with Crippen LogP contribution in [0, 0.1) is 34.5 Å². The van der Waals surface area contributed by atoms with Gasteiger partial charge in [0.1, 0.15) is 0 Å². The second kappa shape index (κ2) is 9.47. The zero-order valence-corrected chi connectivity index (χ0v) is 19.5. The van der Waals surface area contributed by atoms with E-state index in [0.717, 1.165) is 36.5 Å². The number of allylic oxidation sites excluding steroid dienone is 2. The van der Waals surface area contributed by atoms with Crippen molar-refractivity contribution in [3.63, 3.8) is 0 Å². The first-order valence-electron chi connectivity index (χ1n) is 12.4. The smallest absolute Gasteiger partial charge is 0.0543 e. The Morgan fingerprint density at radius 2 is 1.70 bits per heavy atom. The molecule has 0 spiro atoms. The van der Waals surface area contributed by atoms with Crippen molar-refractivity contribution >= 4 is 0 Å². The Morgan fingerprint density at radius 3 is 2.37 bits per heavy atom. The molecule has 7 unspecified atom stereocenters. The fraction of sp³-hybridized carbons (Fsp3) is 0.923. The highest BCUT2D eigenvalue weighted by atomic mass is 16.3. The molecule has 27 heavy (non-hydrogen) atoms. The molecule has 1 N–H and O–H groups in total. The molecule has 0 aromatic rings. The van der Waals surface area contributed by atoms with Gasteiger partial charge in [0.05, 0.1) is 6.10 Å². The summed E-state index contributed by atoms with van der Waals surface area (Å²) in [5, 5.41) is 10.1. The van der Waals surface area contributed by atoms with Crippen LogP contribution in [-0.4, -0.2) is 11.2 Å². The average molecular weight is 377 g/mol. The van der Waals surface area contributed by atoms with Crippen LogP contribution >= 0.6 is 0 Å². The van der Waals surface area contributed by atoms with Crippen molar-refractivity contribution in [2.75, 3.05) is 0 Å². The van der Waals surface area contributed by atoms with E-state index in [2.05, 4.69) is 26.8 Å². The van der Waals surface area contributed by atoms with E-state index in [1.165, 1.54) is 51.4 Å². The van der Waals surface area contributed by atoms with E-state index < -0.39 is 0 Å². The third-order valence-electron chi connectivity index (χ3n) is 8.83. The fourth-order valence-electron chi connectivity index (χ4n) is 7.43. The minimum Gasteiger partial charge on any atom is -0.393 e. The molecule has 7 atom stereocenters. The SMILES string of the molecule is CC.CC.CCCC1CCC2C3CCC4CC(O)CCC4(C)C3=CCC12C. The maximum Gasteiger partial charge on any atom is 0.0543 e. The first-order valence-corrected chi connectivity index (χ1v) is 12.4. The van der Waals surface area contributed by atoms with Crippen LogP contribution in [0.2, 0.25) is 0 Å². The van der Waals surface area contributed by atoms with Crippen LogP contribution in [0.15, 0.2) is 11.6 Å². The lowest BCUT2D eigenvalue weighted by atomic mass is 9.48. The zero-order chi connectivity index (χ0) is 20.2. The average Bonchev–Trinajstić information content (AvgIpc) is 3.02. The molecule has 0 aromatic carbocycles. The summed E-state index contributed by atoms with van der Waals surface area (Å²) in [5.74, 6) is 3.52. The highest BCUT2D eigenvalue weighted by Gasteiger charge is 2.56. The van der Waals surface area contributed by atoms with Gasteiger partial charge in [-0.1, -0.05) is 73.0 Å². The molecule has 1 nitrogen and oxygen atoms in total. The van der Waals surface area contributed by atoms with Crippen LogP contribution in [0.5, 0.6) is 0 Å². The van der Waals surface area contributed by atoms with Crippen LogP contribution in [0.3, 0.4) is 0 Å². The van der Waals surface area contributed by atoms with E-state index in [0.29, 0.717) is 10.8 Å². The van der Waals surface area contributed by atoms with Crippen molar-refractivity contribution < 1.29 is 5.11 Å². The van der Waals surface area contributed by atoms with Gasteiger partial charge < -0.3 is 5.11 Å². The first kappa shape index (κ1) is 23.0. The number of fused-ring (bicyclic) bond motifs is 5. The summed E-state index contributed by atoms with van der Waals surface area (Å²) in [6.07, 6.45) is 15.8. The standard InChI is InChI=1S/C22H36O.2C2H6/c1-4-5-15-7-9-19-18-8-6-16-14-17(23)10-12-22(16,3)20(18)11-13-21(15,19)2;2*1-2/h11,15-19,23H,4-10,12-14H2,1-3H3;2*1-2H3. The van der Waals surface area contributed by atoms with Crippen LogP contribution in [0.1, 0.15) is 113 Å². The lowest BCUT2D eigenvalue weighted by Crippen LogP contribution is -2.48. The van der Waals surface area contributed by atoms with Crippen molar-refractivity contribution in [2.24, 2.45) is 34.5 Å². The molecule has 4 rings (SSSR count). The maximum absolute atomic E-state index is 10.1. The molecular formula is C26H48O. The maximum atomic E-state index is 10.1. The second-order valence-electron chi connectivity index (χ2n) is 9.77. The Kier molecular flexibility index (Phi) is 8.06. The number of hydrogen-bond acceptors (Lipinski definition) is 1. The van der Waals surface area contributed by atoms with Gasteiger partial charge in [0.15, 0.2) is 0 Å². The first-order chi connectivity index (χ1) is 13.0. The van der Waals surface area contributed by atoms with Crippen molar-refractivity contribution in [1.82, 2.24) is 0 Å². The van der Waals surface area contributed by atoms with Gasteiger partial charge in [-0.25, -0.2) is 0 Å². The number of aliphatic hydroxyl groups is 1. The largest absolute Gasteiger partial charge is 0.393 e. The van der Waals surface area contributed by atoms with E-state index in [9.17, 15) is 5.11 Å². The minimum atomic E-state index is -0.0282. The summed E-state index contributed by atoms with van der Waals surface area (Å²) in [5.41, 5.74) is 2.83. The molecular weight excluding hydrogens is 328 g/mol. The molecule has 158 valence electrons. The van der Waals surface area contributed by atoms with Gasteiger partial charge in [-0.15, -0.1) is 0 Å². The molecule has 1 heteroatoms.